The third-order valence-corrected chi connectivity index (χ3v) is 14.2. The molecule has 0 aliphatic heterocycles. The molecule has 12 aromatic rings. The second-order valence-electron chi connectivity index (χ2n) is 17.8. The van der Waals surface area contributed by atoms with Crippen LogP contribution in [0.5, 0.6) is 0 Å². The first kappa shape index (κ1) is 38.3. The van der Waals surface area contributed by atoms with Crippen LogP contribution in [0.3, 0.4) is 0 Å². The lowest BCUT2D eigenvalue weighted by Gasteiger charge is -2.32. The van der Waals surface area contributed by atoms with Gasteiger partial charge in [0.15, 0.2) is 17.5 Å². The Morgan fingerprint density at radius 2 is 0.750 bits per heavy atom. The molecule has 1 spiro atoms. The second kappa shape index (κ2) is 15.0. The highest BCUT2D eigenvalue weighted by Gasteiger charge is 2.52. The largest absolute Gasteiger partial charge is 0.456 e. The van der Waals surface area contributed by atoms with Gasteiger partial charge in [-0.1, -0.05) is 212 Å². The lowest BCUT2D eigenvalue weighted by molar-refractivity contribution is 0.669. The Balaban J connectivity index is 0.934. The summed E-state index contributed by atoms with van der Waals surface area (Å²) in [5.41, 5.74) is 21.2. The zero-order valence-electron chi connectivity index (χ0n) is 36.8. The Hall–Kier alpha value is -8.99. The van der Waals surface area contributed by atoms with E-state index in [1.165, 1.54) is 55.6 Å². The fourth-order valence-corrected chi connectivity index (χ4v) is 11.3. The molecule has 0 saturated heterocycles. The van der Waals surface area contributed by atoms with Crippen LogP contribution < -0.4 is 0 Å². The molecule has 0 radical (unpaired) electrons. The maximum absolute atomic E-state index is 6.63. The van der Waals surface area contributed by atoms with Crippen LogP contribution in [0, 0.1) is 0 Å². The zero-order chi connectivity index (χ0) is 44.8. The van der Waals surface area contributed by atoms with Crippen molar-refractivity contribution in [3.8, 4) is 89.8 Å². The van der Waals surface area contributed by atoms with E-state index in [2.05, 4.69) is 182 Å². The summed E-state index contributed by atoms with van der Waals surface area (Å²) < 4.78 is 6.63. The molecule has 4 nitrogen and oxygen atoms in total. The summed E-state index contributed by atoms with van der Waals surface area (Å²) in [6.45, 7) is 0. The quantitative estimate of drug-likeness (QED) is 0.167. The summed E-state index contributed by atoms with van der Waals surface area (Å²) in [5.74, 6) is 1.80. The molecule has 316 valence electrons. The molecule has 0 N–H and O–H groups in total. The van der Waals surface area contributed by atoms with Gasteiger partial charge in [0, 0.05) is 27.5 Å². The molecule has 4 heteroatoms. The third-order valence-electron chi connectivity index (χ3n) is 14.2. The maximum atomic E-state index is 6.63. The molecule has 10 aromatic carbocycles. The minimum absolute atomic E-state index is 0.449. The highest BCUT2D eigenvalue weighted by molar-refractivity contribution is 6.13. The van der Waals surface area contributed by atoms with Crippen LogP contribution in [-0.2, 0) is 5.41 Å². The average molecular weight is 866 g/mol. The molecule has 2 heterocycles. The summed E-state index contributed by atoms with van der Waals surface area (Å²) in [5, 5.41) is 1.97. The molecule has 0 amide bonds. The van der Waals surface area contributed by atoms with E-state index in [9.17, 15) is 0 Å². The monoisotopic (exact) mass is 865 g/mol. The van der Waals surface area contributed by atoms with Crippen molar-refractivity contribution in [2.24, 2.45) is 0 Å². The van der Waals surface area contributed by atoms with Crippen molar-refractivity contribution in [1.29, 1.82) is 0 Å². The van der Waals surface area contributed by atoms with Crippen molar-refractivity contribution in [3.63, 3.8) is 0 Å². The minimum Gasteiger partial charge on any atom is -0.456 e. The molecule has 2 aromatic heterocycles. The molecule has 14 rings (SSSR count). The second-order valence-corrected chi connectivity index (χ2v) is 17.8. The standard InChI is InChI=1S/C64H39N3O/c1-3-18-40(19-4-1)45-24-7-8-28-51(45)62-65-61(41-20-5-2-6-21-41)66-63(67-62)52-31-17-35-58-59(52)53-39-43(36-37-57(53)68-58)42-22-15-23-44(38-42)46-29-16-30-50-49-27-11-14-34-56(49)64(60(46)50)54-32-12-9-25-47(54)48-26-10-13-33-55(48)64/h1-39H. The van der Waals surface area contributed by atoms with Crippen LogP contribution in [0.25, 0.3) is 112 Å². The molecule has 2 aliphatic carbocycles. The molecule has 68 heavy (non-hydrogen) atoms. The number of furan rings is 1. The normalized spacial score (nSPS) is 12.8. The van der Waals surface area contributed by atoms with E-state index in [0.29, 0.717) is 17.5 Å². The van der Waals surface area contributed by atoms with E-state index in [1.807, 2.05) is 54.6 Å². The molecule has 0 bridgehead atoms. The maximum Gasteiger partial charge on any atom is 0.164 e. The number of nitrogens with zero attached hydrogens (tertiary/aromatic N) is 3. The highest BCUT2D eigenvalue weighted by Crippen LogP contribution is 2.64. The summed E-state index contributed by atoms with van der Waals surface area (Å²) >= 11 is 0. The number of rotatable bonds is 6. The van der Waals surface area contributed by atoms with E-state index < -0.39 is 5.41 Å². The first-order chi connectivity index (χ1) is 33.7. The summed E-state index contributed by atoms with van der Waals surface area (Å²) in [6, 6.07) is 84.5. The molecule has 0 saturated carbocycles. The lowest BCUT2D eigenvalue weighted by atomic mass is 9.68. The number of fused-ring (bicyclic) bond motifs is 13. The van der Waals surface area contributed by atoms with Crippen molar-refractivity contribution >= 4 is 21.9 Å². The van der Waals surface area contributed by atoms with Crippen LogP contribution in [0.1, 0.15) is 22.3 Å². The van der Waals surface area contributed by atoms with Crippen LogP contribution in [0.15, 0.2) is 241 Å². The number of aromatic nitrogens is 3. The molecular formula is C64H39N3O. The number of hydrogen-bond donors (Lipinski definition) is 0. The Morgan fingerprint density at radius 1 is 0.279 bits per heavy atom. The predicted octanol–water partition coefficient (Wildman–Crippen LogP) is 16.1. The Labute approximate surface area is 393 Å². The van der Waals surface area contributed by atoms with Gasteiger partial charge in [0.05, 0.1) is 5.41 Å². The molecule has 2 aliphatic rings. The van der Waals surface area contributed by atoms with Gasteiger partial charge in [0.2, 0.25) is 0 Å². The molecule has 0 fully saturated rings. The van der Waals surface area contributed by atoms with E-state index in [0.717, 1.165) is 60.9 Å². The Kier molecular flexibility index (Phi) is 8.46. The Morgan fingerprint density at radius 3 is 1.46 bits per heavy atom. The van der Waals surface area contributed by atoms with Crippen LogP contribution in [-0.4, -0.2) is 15.0 Å². The first-order valence-electron chi connectivity index (χ1n) is 23.2. The first-order valence-corrected chi connectivity index (χ1v) is 23.2. The fraction of sp³-hybridized carbons (Fsp3) is 0.0156. The van der Waals surface area contributed by atoms with Gasteiger partial charge >= 0.3 is 0 Å². The van der Waals surface area contributed by atoms with E-state index in [4.69, 9.17) is 19.4 Å². The van der Waals surface area contributed by atoms with Gasteiger partial charge in [-0.3, -0.25) is 0 Å². The summed E-state index contributed by atoms with van der Waals surface area (Å²) in [7, 11) is 0. The number of hydrogen-bond acceptors (Lipinski definition) is 4. The third kappa shape index (κ3) is 5.64. The van der Waals surface area contributed by atoms with Crippen LogP contribution in [0.2, 0.25) is 0 Å². The molecular weight excluding hydrogens is 827 g/mol. The Bertz CT molecular complexity index is 3920. The van der Waals surface area contributed by atoms with Crippen molar-refractivity contribution in [2.45, 2.75) is 5.41 Å². The number of benzene rings is 10. The lowest BCUT2D eigenvalue weighted by Crippen LogP contribution is -2.26. The van der Waals surface area contributed by atoms with E-state index in [-0.39, 0.29) is 0 Å². The topological polar surface area (TPSA) is 51.8 Å². The highest BCUT2D eigenvalue weighted by atomic mass is 16.3. The van der Waals surface area contributed by atoms with Crippen LogP contribution in [0.4, 0.5) is 0 Å². The van der Waals surface area contributed by atoms with Gasteiger partial charge in [-0.2, -0.15) is 0 Å². The van der Waals surface area contributed by atoms with Gasteiger partial charge < -0.3 is 4.42 Å². The fourth-order valence-electron chi connectivity index (χ4n) is 11.3. The van der Waals surface area contributed by atoms with E-state index in [1.54, 1.807) is 0 Å². The smallest absolute Gasteiger partial charge is 0.164 e. The minimum atomic E-state index is -0.449. The van der Waals surface area contributed by atoms with Gasteiger partial charge in [0.1, 0.15) is 11.2 Å². The molecule has 0 atom stereocenters. The van der Waals surface area contributed by atoms with Gasteiger partial charge in [-0.05, 0) is 102 Å². The van der Waals surface area contributed by atoms with Crippen molar-refractivity contribution < 1.29 is 4.42 Å². The van der Waals surface area contributed by atoms with Crippen molar-refractivity contribution in [1.82, 2.24) is 15.0 Å². The van der Waals surface area contributed by atoms with E-state index >= 15 is 0 Å². The van der Waals surface area contributed by atoms with Gasteiger partial charge in [-0.25, -0.2) is 15.0 Å². The van der Waals surface area contributed by atoms with Crippen molar-refractivity contribution in [2.75, 3.05) is 0 Å². The predicted molar refractivity (Wildman–Crippen MR) is 276 cm³/mol. The summed E-state index contributed by atoms with van der Waals surface area (Å²) in [6.07, 6.45) is 0. The molecule has 0 unspecified atom stereocenters. The summed E-state index contributed by atoms with van der Waals surface area (Å²) in [4.78, 5) is 15.6. The SMILES string of the molecule is c1ccc(-c2nc(-c3ccccc3-c3ccccc3)nc(-c3cccc4oc5ccc(-c6cccc(-c7cccc8c7C7(c9ccccc9-c9ccccc97)c7ccccc7-8)c6)cc5c34)n2)cc1. The van der Waals surface area contributed by atoms with Crippen molar-refractivity contribution in [3.05, 3.63) is 259 Å². The van der Waals surface area contributed by atoms with Crippen LogP contribution >= 0.6 is 0 Å². The van der Waals surface area contributed by atoms with Gasteiger partial charge in [0.25, 0.3) is 0 Å². The zero-order valence-corrected chi connectivity index (χ0v) is 36.8. The average Bonchev–Trinajstić information content (AvgIpc) is 4.05. The van der Waals surface area contributed by atoms with Gasteiger partial charge in [-0.15, -0.1) is 0 Å².